The SMILES string of the molecule is CCN1C2CCC1CC(OC1c3ccccc3CSc3ccccc31)C2. The van der Waals surface area contributed by atoms with Crippen LogP contribution in [0.5, 0.6) is 0 Å². The van der Waals surface area contributed by atoms with Gasteiger partial charge < -0.3 is 4.74 Å². The van der Waals surface area contributed by atoms with Gasteiger partial charge in [0, 0.05) is 22.7 Å². The Morgan fingerprint density at radius 1 is 0.962 bits per heavy atom. The Labute approximate surface area is 160 Å². The minimum Gasteiger partial charge on any atom is -0.365 e. The van der Waals surface area contributed by atoms with E-state index in [9.17, 15) is 0 Å². The number of benzene rings is 2. The van der Waals surface area contributed by atoms with Crippen molar-refractivity contribution in [3.8, 4) is 0 Å². The molecule has 3 unspecified atom stereocenters. The van der Waals surface area contributed by atoms with Gasteiger partial charge in [0.05, 0.1) is 6.10 Å². The van der Waals surface area contributed by atoms with E-state index >= 15 is 0 Å². The number of thioether (sulfide) groups is 1. The highest BCUT2D eigenvalue weighted by Gasteiger charge is 2.41. The number of rotatable bonds is 3. The Morgan fingerprint density at radius 2 is 1.65 bits per heavy atom. The number of piperidine rings is 1. The highest BCUT2D eigenvalue weighted by Crippen LogP contribution is 2.44. The van der Waals surface area contributed by atoms with Crippen molar-refractivity contribution in [2.45, 2.75) is 67.5 Å². The first-order chi connectivity index (χ1) is 12.8. The van der Waals surface area contributed by atoms with Crippen LogP contribution < -0.4 is 0 Å². The van der Waals surface area contributed by atoms with Gasteiger partial charge in [0.2, 0.25) is 0 Å². The number of hydrogen-bond donors (Lipinski definition) is 0. The predicted octanol–water partition coefficient (Wildman–Crippen LogP) is 5.41. The Morgan fingerprint density at radius 3 is 2.42 bits per heavy atom. The summed E-state index contributed by atoms with van der Waals surface area (Å²) in [6.07, 6.45) is 5.55. The van der Waals surface area contributed by atoms with Gasteiger partial charge in [-0.25, -0.2) is 0 Å². The van der Waals surface area contributed by atoms with Crippen LogP contribution in [0, 0.1) is 0 Å². The minimum atomic E-state index is 0.0787. The fourth-order valence-electron chi connectivity index (χ4n) is 5.26. The van der Waals surface area contributed by atoms with Crippen molar-refractivity contribution in [3.05, 3.63) is 65.2 Å². The summed E-state index contributed by atoms with van der Waals surface area (Å²) >= 11 is 1.95. The molecule has 2 saturated heterocycles. The maximum atomic E-state index is 6.90. The van der Waals surface area contributed by atoms with Crippen molar-refractivity contribution in [1.82, 2.24) is 4.90 Å². The summed E-state index contributed by atoms with van der Waals surface area (Å²) in [4.78, 5) is 4.09. The Kier molecular flexibility index (Phi) is 4.56. The quantitative estimate of drug-likeness (QED) is 0.721. The summed E-state index contributed by atoms with van der Waals surface area (Å²) in [6, 6.07) is 19.2. The van der Waals surface area contributed by atoms with E-state index < -0.39 is 0 Å². The molecular formula is C23H27NOS. The lowest BCUT2D eigenvalue weighted by Gasteiger charge is -2.39. The molecule has 0 aliphatic carbocycles. The minimum absolute atomic E-state index is 0.0787. The van der Waals surface area contributed by atoms with Crippen LogP contribution >= 0.6 is 11.8 Å². The van der Waals surface area contributed by atoms with E-state index in [-0.39, 0.29) is 6.10 Å². The Bertz CT molecular complexity index is 730. The number of hydrogen-bond acceptors (Lipinski definition) is 3. The van der Waals surface area contributed by atoms with E-state index in [1.807, 2.05) is 11.8 Å². The lowest BCUT2D eigenvalue weighted by Crippen LogP contribution is -2.45. The fraction of sp³-hybridized carbons (Fsp3) is 0.478. The molecule has 2 nitrogen and oxygen atoms in total. The molecular weight excluding hydrogens is 338 g/mol. The largest absolute Gasteiger partial charge is 0.365 e. The third-order valence-electron chi connectivity index (χ3n) is 6.46. The second-order valence-corrected chi connectivity index (χ2v) is 8.87. The van der Waals surface area contributed by atoms with Gasteiger partial charge >= 0.3 is 0 Å². The molecule has 2 fully saturated rings. The average Bonchev–Trinajstić information content (AvgIpc) is 2.85. The van der Waals surface area contributed by atoms with Crippen molar-refractivity contribution in [2.75, 3.05) is 6.54 Å². The summed E-state index contributed by atoms with van der Waals surface area (Å²) in [5.74, 6) is 1.03. The molecule has 0 amide bonds. The summed E-state index contributed by atoms with van der Waals surface area (Å²) in [6.45, 7) is 3.50. The highest BCUT2D eigenvalue weighted by molar-refractivity contribution is 7.98. The fourth-order valence-corrected chi connectivity index (χ4v) is 6.35. The third kappa shape index (κ3) is 2.90. The lowest BCUT2D eigenvalue weighted by atomic mass is 9.95. The maximum Gasteiger partial charge on any atom is 0.109 e. The van der Waals surface area contributed by atoms with Crippen LogP contribution in [0.25, 0.3) is 0 Å². The molecule has 0 aromatic heterocycles. The van der Waals surface area contributed by atoms with Crippen molar-refractivity contribution in [1.29, 1.82) is 0 Å². The molecule has 2 aromatic rings. The van der Waals surface area contributed by atoms with E-state index in [1.54, 1.807) is 0 Å². The molecule has 3 heterocycles. The van der Waals surface area contributed by atoms with E-state index in [0.29, 0.717) is 6.10 Å². The van der Waals surface area contributed by atoms with Crippen molar-refractivity contribution < 1.29 is 4.74 Å². The summed E-state index contributed by atoms with van der Waals surface area (Å²) in [5.41, 5.74) is 4.15. The molecule has 2 bridgehead atoms. The van der Waals surface area contributed by atoms with E-state index in [0.717, 1.165) is 17.8 Å². The molecule has 5 rings (SSSR count). The van der Waals surface area contributed by atoms with E-state index in [1.165, 1.54) is 53.8 Å². The second kappa shape index (κ2) is 7.03. The van der Waals surface area contributed by atoms with Gasteiger partial charge in [-0.05, 0) is 55.0 Å². The average molecular weight is 366 g/mol. The first-order valence-corrected chi connectivity index (χ1v) is 11.0. The molecule has 0 saturated carbocycles. The van der Waals surface area contributed by atoms with Gasteiger partial charge in [0.25, 0.3) is 0 Å². The molecule has 3 aliphatic heterocycles. The molecule has 3 aliphatic rings. The standard InChI is InChI=1S/C23H27NOS/c1-2-24-17-11-12-18(24)14-19(13-17)25-23-20-8-4-3-7-16(20)15-26-22-10-6-5-9-21(22)23/h3-10,17-19,23H,2,11-15H2,1H3. The molecule has 0 spiro atoms. The van der Waals surface area contributed by atoms with Gasteiger partial charge in [-0.3, -0.25) is 4.90 Å². The first-order valence-electron chi connectivity index (χ1n) is 10.0. The van der Waals surface area contributed by atoms with Crippen LogP contribution in [-0.2, 0) is 10.5 Å². The second-order valence-electron chi connectivity index (χ2n) is 7.85. The van der Waals surface area contributed by atoms with Crippen LogP contribution in [0.15, 0.2) is 53.4 Å². The first kappa shape index (κ1) is 16.9. The number of fused-ring (bicyclic) bond motifs is 4. The zero-order chi connectivity index (χ0) is 17.5. The molecule has 0 radical (unpaired) electrons. The van der Waals surface area contributed by atoms with Gasteiger partial charge in [0.15, 0.2) is 0 Å². The zero-order valence-corrected chi connectivity index (χ0v) is 16.3. The number of nitrogens with zero attached hydrogens (tertiary/aromatic N) is 1. The van der Waals surface area contributed by atoms with E-state index in [2.05, 4.69) is 60.4 Å². The lowest BCUT2D eigenvalue weighted by molar-refractivity contribution is -0.0478. The van der Waals surface area contributed by atoms with Gasteiger partial charge in [-0.15, -0.1) is 11.8 Å². The topological polar surface area (TPSA) is 12.5 Å². The van der Waals surface area contributed by atoms with Crippen molar-refractivity contribution in [2.24, 2.45) is 0 Å². The maximum absolute atomic E-state index is 6.90. The molecule has 26 heavy (non-hydrogen) atoms. The normalized spacial score (nSPS) is 30.5. The molecule has 0 N–H and O–H groups in total. The third-order valence-corrected chi connectivity index (χ3v) is 7.60. The summed E-state index contributed by atoms with van der Waals surface area (Å²) < 4.78 is 6.90. The van der Waals surface area contributed by atoms with Gasteiger partial charge in [-0.2, -0.15) is 0 Å². The van der Waals surface area contributed by atoms with Gasteiger partial charge in [-0.1, -0.05) is 49.4 Å². The van der Waals surface area contributed by atoms with Crippen LogP contribution in [0.2, 0.25) is 0 Å². The molecule has 3 heteroatoms. The Hall–Kier alpha value is -1.29. The highest BCUT2D eigenvalue weighted by atomic mass is 32.2. The van der Waals surface area contributed by atoms with E-state index in [4.69, 9.17) is 4.74 Å². The smallest absolute Gasteiger partial charge is 0.109 e. The molecule has 2 aromatic carbocycles. The molecule has 136 valence electrons. The Balaban J connectivity index is 1.47. The number of ether oxygens (including phenoxy) is 1. The van der Waals surface area contributed by atoms with Crippen molar-refractivity contribution >= 4 is 11.8 Å². The zero-order valence-electron chi connectivity index (χ0n) is 15.4. The van der Waals surface area contributed by atoms with Crippen LogP contribution in [0.1, 0.15) is 55.4 Å². The van der Waals surface area contributed by atoms with Crippen LogP contribution in [-0.4, -0.2) is 29.6 Å². The molecule has 3 atom stereocenters. The van der Waals surface area contributed by atoms with Gasteiger partial charge in [0.1, 0.15) is 6.10 Å². The van der Waals surface area contributed by atoms with Crippen LogP contribution in [0.3, 0.4) is 0 Å². The summed E-state index contributed by atoms with van der Waals surface area (Å²) in [5, 5.41) is 0. The monoisotopic (exact) mass is 365 g/mol. The predicted molar refractivity (Wildman–Crippen MR) is 108 cm³/mol. The summed E-state index contributed by atoms with van der Waals surface area (Å²) in [7, 11) is 0. The van der Waals surface area contributed by atoms with Crippen molar-refractivity contribution in [3.63, 3.8) is 0 Å². The van der Waals surface area contributed by atoms with Crippen LogP contribution in [0.4, 0.5) is 0 Å².